The number of aromatic hydroxyl groups is 2. The average molecular weight is 861 g/mol. The normalized spacial score (nSPS) is 25.1. The highest BCUT2D eigenvalue weighted by atomic mass is 35.5. The molecule has 13 nitrogen and oxygen atoms in total. The van der Waals surface area contributed by atoms with Crippen molar-refractivity contribution >= 4 is 74.1 Å². The number of aryl methyl sites for hydroxylation is 2. The molecule has 18 heteroatoms. The second-order valence-corrected chi connectivity index (χ2v) is 17.1. The molecule has 0 radical (unpaired) electrons. The van der Waals surface area contributed by atoms with Gasteiger partial charge in [0.1, 0.15) is 34.3 Å². The van der Waals surface area contributed by atoms with Crippen molar-refractivity contribution in [3.8, 4) is 27.8 Å². The number of phenols is 2. The van der Waals surface area contributed by atoms with Gasteiger partial charge in [-0.05, 0) is 92.1 Å². The van der Waals surface area contributed by atoms with Crippen LogP contribution in [0.1, 0.15) is 47.2 Å². The number of imide groups is 2. The first kappa shape index (κ1) is 39.3. The number of carbonyl (C=O) groups is 5. The summed E-state index contributed by atoms with van der Waals surface area (Å²) in [5, 5.41) is 37.4. The van der Waals surface area contributed by atoms with Gasteiger partial charge in [-0.25, -0.2) is 14.6 Å². The van der Waals surface area contributed by atoms with Crippen LogP contribution < -0.4 is 14.5 Å². The van der Waals surface area contributed by atoms with Crippen LogP contribution in [0.15, 0.2) is 72.3 Å². The molecular formula is C42H32ClF3N4O9S. The highest BCUT2D eigenvalue weighted by molar-refractivity contribution is 7.22. The number of phenolic OH excluding ortho intramolecular Hbond substituents is 1. The molecule has 4 aliphatic rings. The number of aromatic carboxylic acids is 1. The van der Waals surface area contributed by atoms with Crippen molar-refractivity contribution in [3.05, 3.63) is 94.0 Å². The lowest BCUT2D eigenvalue weighted by Crippen LogP contribution is -2.49. The highest BCUT2D eigenvalue weighted by Gasteiger charge is 2.68. The van der Waals surface area contributed by atoms with Gasteiger partial charge >= 0.3 is 12.3 Å². The summed E-state index contributed by atoms with van der Waals surface area (Å²) in [5.41, 5.74) is -0.739. The van der Waals surface area contributed by atoms with E-state index < -0.39 is 93.8 Å². The monoisotopic (exact) mass is 860 g/mol. The molecule has 6 unspecified atom stereocenters. The number of allylic oxidation sites excluding steroid dienone is 2. The molecule has 1 saturated carbocycles. The molecule has 0 spiro atoms. The number of carbonyl (C=O) groups excluding carboxylic acids is 4. The molecule has 9 rings (SSSR count). The fraction of sp³-hybridized carbons (Fsp3) is 0.286. The maximum absolute atomic E-state index is 15.1. The molecule has 60 heavy (non-hydrogen) atoms. The molecule has 2 aliphatic carbocycles. The number of halogens is 4. The Balaban J connectivity index is 1.16. The molecular weight excluding hydrogens is 829 g/mol. The van der Waals surface area contributed by atoms with Crippen molar-refractivity contribution in [1.82, 2.24) is 9.78 Å². The van der Waals surface area contributed by atoms with Crippen LogP contribution in [-0.4, -0.2) is 61.1 Å². The largest absolute Gasteiger partial charge is 0.573 e. The van der Waals surface area contributed by atoms with E-state index in [-0.39, 0.29) is 29.9 Å². The predicted molar refractivity (Wildman–Crippen MR) is 211 cm³/mol. The number of hydrogen-bond donors (Lipinski definition) is 3. The van der Waals surface area contributed by atoms with E-state index in [9.17, 15) is 47.7 Å². The van der Waals surface area contributed by atoms with E-state index in [0.717, 1.165) is 60.7 Å². The second-order valence-electron chi connectivity index (χ2n) is 15.7. The summed E-state index contributed by atoms with van der Waals surface area (Å²) in [6.45, 7) is 3.42. The summed E-state index contributed by atoms with van der Waals surface area (Å²) in [6, 6.07) is 13.2. The smallest absolute Gasteiger partial charge is 0.508 e. The molecule has 5 aromatic rings. The fourth-order valence-corrected chi connectivity index (χ4v) is 11.2. The third-order valence-corrected chi connectivity index (χ3v) is 14.0. The quantitative estimate of drug-likeness (QED) is 0.113. The van der Waals surface area contributed by atoms with E-state index in [0.29, 0.717) is 16.3 Å². The first-order chi connectivity index (χ1) is 28.3. The van der Waals surface area contributed by atoms with Gasteiger partial charge < -0.3 is 20.1 Å². The number of hydrogen-bond acceptors (Lipinski definition) is 10. The Morgan fingerprint density at radius 1 is 0.950 bits per heavy atom. The van der Waals surface area contributed by atoms with Gasteiger partial charge in [-0.3, -0.25) is 23.9 Å². The Hall–Kier alpha value is -6.20. The number of anilines is 2. The van der Waals surface area contributed by atoms with Crippen LogP contribution in [0, 0.1) is 36.0 Å². The average Bonchev–Trinajstić information content (AvgIpc) is 3.85. The number of benzene rings is 3. The number of nitrogens with zero attached hydrogens (tertiary/aromatic N) is 4. The topological polar surface area (TPSA) is 180 Å². The molecule has 0 bridgehead atoms. The Kier molecular flexibility index (Phi) is 8.77. The molecule has 2 saturated heterocycles. The number of fused-ring (bicyclic) bond motifs is 5. The second kappa shape index (κ2) is 13.4. The van der Waals surface area contributed by atoms with E-state index in [1.807, 2.05) is 19.1 Å². The van der Waals surface area contributed by atoms with Crippen LogP contribution in [0.2, 0.25) is 5.02 Å². The molecule has 308 valence electrons. The summed E-state index contributed by atoms with van der Waals surface area (Å²) in [5.74, 6) is -11.5. The van der Waals surface area contributed by atoms with E-state index in [2.05, 4.69) is 9.84 Å². The number of ether oxygens (including phenoxy) is 1. The van der Waals surface area contributed by atoms with Gasteiger partial charge in [0.2, 0.25) is 23.6 Å². The van der Waals surface area contributed by atoms with Crippen molar-refractivity contribution in [1.29, 1.82) is 0 Å². The highest BCUT2D eigenvalue weighted by Crippen LogP contribution is 2.65. The van der Waals surface area contributed by atoms with Gasteiger partial charge in [-0.2, -0.15) is 5.10 Å². The van der Waals surface area contributed by atoms with Crippen LogP contribution in [-0.2, 0) is 26.2 Å². The molecule has 3 aromatic carbocycles. The minimum absolute atomic E-state index is 0.0514. The van der Waals surface area contributed by atoms with Crippen LogP contribution in [0.5, 0.6) is 17.2 Å². The third kappa shape index (κ3) is 5.73. The van der Waals surface area contributed by atoms with Crippen molar-refractivity contribution < 1.29 is 57.2 Å². The first-order valence-corrected chi connectivity index (χ1v) is 19.8. The Morgan fingerprint density at radius 2 is 1.70 bits per heavy atom. The first-order valence-electron chi connectivity index (χ1n) is 18.6. The molecule has 6 atom stereocenters. The summed E-state index contributed by atoms with van der Waals surface area (Å²) in [6.07, 6.45) is -3.65. The van der Waals surface area contributed by atoms with E-state index >= 15 is 4.79 Å². The van der Waals surface area contributed by atoms with Crippen molar-refractivity contribution in [2.75, 3.05) is 9.80 Å². The van der Waals surface area contributed by atoms with Crippen LogP contribution in [0.3, 0.4) is 0 Å². The maximum atomic E-state index is 15.1. The third-order valence-electron chi connectivity index (χ3n) is 12.5. The van der Waals surface area contributed by atoms with Gasteiger partial charge in [0.25, 0.3) is 0 Å². The van der Waals surface area contributed by atoms with Gasteiger partial charge in [0, 0.05) is 40.4 Å². The standard InChI is InChI=1S/C42H32ClF3N4O9S/c1-17-24-12-18(43)4-11-31(24)60-35(17)28-16-32(48(3)47-28)50-37(54)27-15-25-21(34(41(27,2)40(50)58)26-14-20(6-10-29(26)51)59-42(44,45)46)8-9-23-33(25)38(55)49(36(23)53)19-5-7-22(39(56)57)30(52)13-19/h4-8,10-14,16,23,25,27,33-34,51-52H,9,15H2,1-3H3,(H,56,57). The van der Waals surface area contributed by atoms with Crippen LogP contribution in [0.4, 0.5) is 24.7 Å². The number of carboxylic acids is 1. The minimum atomic E-state index is -5.11. The van der Waals surface area contributed by atoms with E-state index in [1.165, 1.54) is 29.0 Å². The minimum Gasteiger partial charge on any atom is -0.508 e. The molecule has 3 N–H and O–H groups in total. The molecule has 4 heterocycles. The Morgan fingerprint density at radius 3 is 2.40 bits per heavy atom. The lowest BCUT2D eigenvalue weighted by atomic mass is 9.51. The summed E-state index contributed by atoms with van der Waals surface area (Å²) in [4.78, 5) is 72.7. The number of rotatable bonds is 6. The molecule has 2 aromatic heterocycles. The summed E-state index contributed by atoms with van der Waals surface area (Å²) < 4.78 is 47.2. The van der Waals surface area contributed by atoms with Crippen molar-refractivity contribution in [2.45, 2.75) is 39.0 Å². The van der Waals surface area contributed by atoms with Gasteiger partial charge in [0.15, 0.2) is 0 Å². The Bertz CT molecular complexity index is 2800. The van der Waals surface area contributed by atoms with Gasteiger partial charge in [-0.15, -0.1) is 24.5 Å². The zero-order valence-corrected chi connectivity index (χ0v) is 33.2. The number of aromatic nitrogens is 2. The SMILES string of the molecule is Cc1c(-c2cc(N3C(=O)C4CC5C(=CCC6C(=O)N(c7ccc(C(=O)O)c(O)c7)C(=O)C65)C(c5cc(OC(F)(F)F)ccc5O)C4(C)C3=O)n(C)n2)sc2ccc(Cl)cc12. The van der Waals surface area contributed by atoms with Crippen molar-refractivity contribution in [2.24, 2.45) is 36.1 Å². The summed E-state index contributed by atoms with van der Waals surface area (Å²) >= 11 is 7.72. The molecule has 4 amide bonds. The van der Waals surface area contributed by atoms with Gasteiger partial charge in [-0.1, -0.05) is 23.3 Å². The molecule has 2 aliphatic heterocycles. The van der Waals surface area contributed by atoms with Gasteiger partial charge in [0.05, 0.1) is 33.7 Å². The number of amides is 4. The number of carboxylic acid groups (broad SMARTS) is 1. The van der Waals surface area contributed by atoms with Crippen LogP contribution in [0.25, 0.3) is 20.7 Å². The Labute approximate surface area is 346 Å². The van der Waals surface area contributed by atoms with Crippen LogP contribution >= 0.6 is 22.9 Å². The van der Waals surface area contributed by atoms with E-state index in [1.54, 1.807) is 25.3 Å². The maximum Gasteiger partial charge on any atom is 0.573 e. The zero-order valence-electron chi connectivity index (χ0n) is 31.7. The van der Waals surface area contributed by atoms with E-state index in [4.69, 9.17) is 11.6 Å². The lowest BCUT2D eigenvalue weighted by Gasteiger charge is -2.49. The summed E-state index contributed by atoms with van der Waals surface area (Å²) in [7, 11) is 1.57. The number of alkyl halides is 3. The fourth-order valence-electron chi connectivity index (χ4n) is 9.85. The molecule has 3 fully saturated rings. The zero-order chi connectivity index (χ0) is 42.9. The van der Waals surface area contributed by atoms with Crippen molar-refractivity contribution in [3.63, 3.8) is 0 Å². The predicted octanol–water partition coefficient (Wildman–Crippen LogP) is 7.71. The number of thiophene rings is 1. The lowest BCUT2D eigenvalue weighted by molar-refractivity contribution is -0.274.